The molecule has 112 valence electrons. The third-order valence-corrected chi connectivity index (χ3v) is 5.07. The van der Waals surface area contributed by atoms with E-state index < -0.39 is 14.9 Å². The van der Waals surface area contributed by atoms with Crippen LogP contribution in [0.4, 0.5) is 11.4 Å². The largest absolute Gasteiger partial charge is 0.375 e. The van der Waals surface area contributed by atoms with Crippen LogP contribution in [0.15, 0.2) is 40.6 Å². The molecule has 0 bridgehead atoms. The molecule has 0 radical (unpaired) electrons. The summed E-state index contributed by atoms with van der Waals surface area (Å²) < 4.78 is 25.5. The van der Waals surface area contributed by atoms with Crippen LogP contribution in [0.5, 0.6) is 0 Å². The van der Waals surface area contributed by atoms with Crippen LogP contribution in [0.25, 0.3) is 0 Å². The van der Waals surface area contributed by atoms with Crippen molar-refractivity contribution in [1.29, 1.82) is 0 Å². The molecule has 0 amide bonds. The number of hydrogen-bond donors (Lipinski definition) is 2. The zero-order chi connectivity index (χ0) is 15.5. The highest BCUT2D eigenvalue weighted by Gasteiger charge is 2.20. The second-order valence-corrected chi connectivity index (χ2v) is 7.00. The number of nitro benzene ring substituents is 1. The molecular weight excluding hydrogens is 314 g/mol. The molecule has 0 fully saturated rings. The van der Waals surface area contributed by atoms with Crippen LogP contribution in [0, 0.1) is 10.1 Å². The SMILES string of the molecule is CNS(=O)(=O)c1ccc(NCc2cccs2)c([N+](=O)[O-])c1. The van der Waals surface area contributed by atoms with Crippen molar-refractivity contribution in [3.8, 4) is 0 Å². The number of nitrogens with zero attached hydrogens (tertiary/aromatic N) is 1. The summed E-state index contributed by atoms with van der Waals surface area (Å²) in [5, 5.41) is 16.0. The Balaban J connectivity index is 2.31. The standard InChI is InChI=1S/C12H13N3O4S2/c1-13-21(18,19)10-4-5-11(12(7-10)15(16)17)14-8-9-3-2-6-20-9/h2-7,13-14H,8H2,1H3. The molecule has 0 saturated carbocycles. The summed E-state index contributed by atoms with van der Waals surface area (Å²) in [5.41, 5.74) is 0.00586. The molecule has 9 heteroatoms. The van der Waals surface area contributed by atoms with E-state index in [2.05, 4.69) is 10.0 Å². The van der Waals surface area contributed by atoms with Crippen LogP contribution < -0.4 is 10.0 Å². The van der Waals surface area contributed by atoms with Gasteiger partial charge in [-0.05, 0) is 30.6 Å². The van der Waals surface area contributed by atoms with Gasteiger partial charge in [-0.2, -0.15) is 0 Å². The van der Waals surface area contributed by atoms with E-state index in [1.165, 1.54) is 30.5 Å². The van der Waals surface area contributed by atoms with E-state index in [1.807, 2.05) is 17.5 Å². The summed E-state index contributed by atoms with van der Waals surface area (Å²) in [7, 11) is -2.46. The van der Waals surface area contributed by atoms with Crippen molar-refractivity contribution in [3.63, 3.8) is 0 Å². The summed E-state index contributed by atoms with van der Waals surface area (Å²) in [6.07, 6.45) is 0. The number of nitrogens with one attached hydrogen (secondary N) is 2. The van der Waals surface area contributed by atoms with Gasteiger partial charge in [0.2, 0.25) is 10.0 Å². The second-order valence-electron chi connectivity index (χ2n) is 4.08. The van der Waals surface area contributed by atoms with Crippen molar-refractivity contribution in [3.05, 3.63) is 50.7 Å². The van der Waals surface area contributed by atoms with E-state index in [9.17, 15) is 18.5 Å². The highest BCUT2D eigenvalue weighted by Crippen LogP contribution is 2.28. The van der Waals surface area contributed by atoms with Gasteiger partial charge in [0.15, 0.2) is 0 Å². The van der Waals surface area contributed by atoms with Crippen LogP contribution in [-0.4, -0.2) is 20.4 Å². The monoisotopic (exact) mass is 327 g/mol. The Morgan fingerprint density at radius 2 is 2.10 bits per heavy atom. The predicted octanol–water partition coefficient (Wildman–Crippen LogP) is 2.18. The Hall–Kier alpha value is -1.97. The zero-order valence-electron chi connectivity index (χ0n) is 11.1. The summed E-state index contributed by atoms with van der Waals surface area (Å²) in [5.74, 6) is 0. The molecule has 2 rings (SSSR count). The maximum Gasteiger partial charge on any atom is 0.293 e. The summed E-state index contributed by atoms with van der Waals surface area (Å²) in [6.45, 7) is 0.441. The molecule has 1 aromatic carbocycles. The van der Waals surface area contributed by atoms with Crippen LogP contribution in [0.1, 0.15) is 4.88 Å². The zero-order valence-corrected chi connectivity index (χ0v) is 12.7. The van der Waals surface area contributed by atoms with Crippen LogP contribution in [-0.2, 0) is 16.6 Å². The molecule has 0 saturated heterocycles. The fraction of sp³-hybridized carbons (Fsp3) is 0.167. The highest BCUT2D eigenvalue weighted by molar-refractivity contribution is 7.89. The molecular formula is C12H13N3O4S2. The van der Waals surface area contributed by atoms with Crippen LogP contribution in [0.2, 0.25) is 0 Å². The molecule has 0 atom stereocenters. The maximum atomic E-state index is 11.7. The van der Waals surface area contributed by atoms with Crippen molar-refractivity contribution in [2.45, 2.75) is 11.4 Å². The first-order chi connectivity index (χ1) is 9.94. The smallest absolute Gasteiger partial charge is 0.293 e. The van der Waals surface area contributed by atoms with E-state index in [0.29, 0.717) is 6.54 Å². The fourth-order valence-corrected chi connectivity index (χ4v) is 3.09. The third-order valence-electron chi connectivity index (χ3n) is 2.78. The van der Waals surface area contributed by atoms with Gasteiger partial charge in [0, 0.05) is 17.5 Å². The number of thiophene rings is 1. The van der Waals surface area contributed by atoms with Crippen LogP contribution >= 0.6 is 11.3 Å². The lowest BCUT2D eigenvalue weighted by Gasteiger charge is -2.08. The van der Waals surface area contributed by atoms with E-state index in [-0.39, 0.29) is 16.3 Å². The lowest BCUT2D eigenvalue weighted by atomic mass is 10.2. The van der Waals surface area contributed by atoms with Gasteiger partial charge in [-0.15, -0.1) is 11.3 Å². The highest BCUT2D eigenvalue weighted by atomic mass is 32.2. The normalized spacial score (nSPS) is 11.3. The van der Waals surface area contributed by atoms with Gasteiger partial charge >= 0.3 is 0 Å². The first-order valence-corrected chi connectivity index (χ1v) is 8.28. The average molecular weight is 327 g/mol. The lowest BCUT2D eigenvalue weighted by Crippen LogP contribution is -2.18. The fourth-order valence-electron chi connectivity index (χ4n) is 1.69. The third kappa shape index (κ3) is 3.57. The van der Waals surface area contributed by atoms with Gasteiger partial charge in [-0.25, -0.2) is 13.1 Å². The minimum absolute atomic E-state index is 0.140. The van der Waals surface area contributed by atoms with Crippen molar-refractivity contribution < 1.29 is 13.3 Å². The van der Waals surface area contributed by atoms with E-state index in [1.54, 1.807) is 0 Å². The van der Waals surface area contributed by atoms with Crippen LogP contribution in [0.3, 0.4) is 0 Å². The maximum absolute atomic E-state index is 11.7. The molecule has 2 N–H and O–H groups in total. The van der Waals surface area contributed by atoms with Crippen molar-refractivity contribution in [2.24, 2.45) is 0 Å². The van der Waals surface area contributed by atoms with E-state index >= 15 is 0 Å². The lowest BCUT2D eigenvalue weighted by molar-refractivity contribution is -0.384. The van der Waals surface area contributed by atoms with Crippen molar-refractivity contribution >= 4 is 32.7 Å². The van der Waals surface area contributed by atoms with Crippen molar-refractivity contribution in [1.82, 2.24) is 4.72 Å². The first-order valence-electron chi connectivity index (χ1n) is 5.92. The Kier molecular flexibility index (Phi) is 4.56. The molecule has 7 nitrogen and oxygen atoms in total. The van der Waals surface area contributed by atoms with Gasteiger partial charge in [0.25, 0.3) is 5.69 Å². The molecule has 21 heavy (non-hydrogen) atoms. The number of hydrogen-bond acceptors (Lipinski definition) is 6. The van der Waals surface area contributed by atoms with Gasteiger partial charge in [-0.1, -0.05) is 6.07 Å². The Labute approximate surface area is 125 Å². The molecule has 0 aliphatic carbocycles. The molecule has 0 spiro atoms. The molecule has 0 aliphatic rings. The minimum Gasteiger partial charge on any atom is -0.375 e. The Bertz CT molecular complexity index is 742. The van der Waals surface area contributed by atoms with Gasteiger partial charge in [-0.3, -0.25) is 10.1 Å². The quantitative estimate of drug-likeness (QED) is 0.625. The van der Waals surface area contributed by atoms with E-state index in [4.69, 9.17) is 0 Å². The topological polar surface area (TPSA) is 101 Å². The second kappa shape index (κ2) is 6.20. The number of benzene rings is 1. The predicted molar refractivity (Wildman–Crippen MR) is 81.0 cm³/mol. The Morgan fingerprint density at radius 1 is 1.33 bits per heavy atom. The number of rotatable bonds is 6. The molecule has 1 heterocycles. The summed E-state index contributed by atoms with van der Waals surface area (Å²) in [6, 6.07) is 7.57. The molecule has 0 aliphatic heterocycles. The van der Waals surface area contributed by atoms with Gasteiger partial charge < -0.3 is 5.32 Å². The number of nitro groups is 1. The number of anilines is 1. The average Bonchev–Trinajstić information content (AvgIpc) is 2.98. The molecule has 2 aromatic rings. The summed E-state index contributed by atoms with van der Waals surface area (Å²) in [4.78, 5) is 11.4. The first kappa shape index (κ1) is 15.4. The van der Waals surface area contributed by atoms with Gasteiger partial charge in [0.05, 0.1) is 9.82 Å². The van der Waals surface area contributed by atoms with Crippen molar-refractivity contribution in [2.75, 3.05) is 12.4 Å². The Morgan fingerprint density at radius 3 is 2.67 bits per heavy atom. The molecule has 1 aromatic heterocycles. The number of sulfonamides is 1. The summed E-state index contributed by atoms with van der Waals surface area (Å²) >= 11 is 1.53. The van der Waals surface area contributed by atoms with E-state index in [0.717, 1.165) is 10.9 Å². The van der Waals surface area contributed by atoms with Gasteiger partial charge in [0.1, 0.15) is 5.69 Å². The minimum atomic E-state index is -3.71. The molecule has 0 unspecified atom stereocenters.